The topological polar surface area (TPSA) is 75.6 Å². The zero-order valence-corrected chi connectivity index (χ0v) is 17.1. The minimum absolute atomic E-state index is 0.142. The van der Waals surface area contributed by atoms with Gasteiger partial charge in [-0.2, -0.15) is 0 Å². The van der Waals surface area contributed by atoms with Gasteiger partial charge in [-0.1, -0.05) is 0 Å². The second-order valence-electron chi connectivity index (χ2n) is 8.39. The molecule has 2 aromatic rings. The molecule has 0 saturated carbocycles. The molecule has 0 bridgehead atoms. The van der Waals surface area contributed by atoms with Crippen molar-refractivity contribution in [2.45, 2.75) is 50.5 Å². The number of carbonyl (C=O) groups excluding carboxylic acids is 2. The number of likely N-dealkylation sites (tertiary alicyclic amines) is 1. The highest BCUT2D eigenvalue weighted by molar-refractivity contribution is 5.92. The molecule has 3 fully saturated rings. The van der Waals surface area contributed by atoms with Gasteiger partial charge in [-0.3, -0.25) is 9.59 Å². The molecule has 2 amide bonds. The second kappa shape index (κ2) is 7.33. The van der Waals surface area contributed by atoms with Crippen LogP contribution in [0.4, 0.5) is 8.78 Å². The molecule has 1 aromatic heterocycles. The lowest BCUT2D eigenvalue weighted by atomic mass is 9.89. The first kappa shape index (κ1) is 20.0. The molecule has 3 aliphatic heterocycles. The smallest absolute Gasteiger partial charge is 0.291 e. The average Bonchev–Trinajstić information content (AvgIpc) is 3.26. The summed E-state index contributed by atoms with van der Waals surface area (Å²) in [5, 5.41) is 0. The Morgan fingerprint density at radius 1 is 1.16 bits per heavy atom. The average molecular weight is 428 g/mol. The molecule has 31 heavy (non-hydrogen) atoms. The van der Waals surface area contributed by atoms with Gasteiger partial charge in [0.25, 0.3) is 11.8 Å². The summed E-state index contributed by atoms with van der Waals surface area (Å²) in [6.45, 7) is 2.49. The molecule has 5 rings (SSSR count). The van der Waals surface area contributed by atoms with E-state index in [9.17, 15) is 18.4 Å². The minimum Gasteiger partial charge on any atom is -0.342 e. The lowest BCUT2D eigenvalue weighted by molar-refractivity contribution is -0.142. The molecule has 0 aliphatic carbocycles. The number of carbonyl (C=O) groups is 2. The fourth-order valence-corrected chi connectivity index (χ4v) is 4.90. The summed E-state index contributed by atoms with van der Waals surface area (Å²) in [5.41, 5.74) is 0.152. The number of aromatic nitrogens is 2. The van der Waals surface area contributed by atoms with Crippen LogP contribution in [0.25, 0.3) is 0 Å². The SMILES string of the molecule is Cc1ccnc(C(=O)N2CCC3(CC2)O[C@@H]2CC[C@@H](c4cc(F)cc(F)c4)N2C3=O)n1. The number of aryl methyl sites for hydroxylation is 1. The third kappa shape index (κ3) is 3.37. The first-order valence-corrected chi connectivity index (χ1v) is 10.4. The summed E-state index contributed by atoms with van der Waals surface area (Å²) in [5.74, 6) is -1.61. The van der Waals surface area contributed by atoms with Crippen LogP contribution in [0.15, 0.2) is 30.5 Å². The van der Waals surface area contributed by atoms with Crippen LogP contribution in [0.1, 0.15) is 53.6 Å². The first-order valence-electron chi connectivity index (χ1n) is 10.4. The zero-order valence-electron chi connectivity index (χ0n) is 17.1. The van der Waals surface area contributed by atoms with Gasteiger partial charge in [-0.05, 0) is 43.5 Å². The van der Waals surface area contributed by atoms with Gasteiger partial charge in [-0.25, -0.2) is 18.7 Å². The van der Waals surface area contributed by atoms with Crippen LogP contribution in [-0.2, 0) is 9.53 Å². The van der Waals surface area contributed by atoms with Crippen LogP contribution in [0, 0.1) is 18.6 Å². The van der Waals surface area contributed by atoms with Crippen molar-refractivity contribution in [3.8, 4) is 0 Å². The molecular formula is C22H22F2N4O3. The number of amides is 2. The van der Waals surface area contributed by atoms with Gasteiger partial charge >= 0.3 is 0 Å². The number of fused-ring (bicyclic) bond motifs is 1. The van der Waals surface area contributed by atoms with E-state index in [1.807, 2.05) is 0 Å². The predicted molar refractivity (Wildman–Crippen MR) is 105 cm³/mol. The lowest BCUT2D eigenvalue weighted by Gasteiger charge is -2.37. The quantitative estimate of drug-likeness (QED) is 0.735. The fraction of sp³-hybridized carbons (Fsp3) is 0.455. The maximum absolute atomic E-state index is 13.7. The third-order valence-corrected chi connectivity index (χ3v) is 6.43. The molecule has 3 aliphatic rings. The Bertz CT molecular complexity index is 1030. The Morgan fingerprint density at radius 3 is 2.55 bits per heavy atom. The van der Waals surface area contributed by atoms with Crippen molar-refractivity contribution in [2.75, 3.05) is 13.1 Å². The molecule has 4 heterocycles. The van der Waals surface area contributed by atoms with Crippen LogP contribution < -0.4 is 0 Å². The summed E-state index contributed by atoms with van der Waals surface area (Å²) in [4.78, 5) is 37.6. The van der Waals surface area contributed by atoms with Gasteiger partial charge in [0.2, 0.25) is 5.82 Å². The Morgan fingerprint density at radius 2 is 1.87 bits per heavy atom. The summed E-state index contributed by atoms with van der Waals surface area (Å²) in [6.07, 6.45) is 3.06. The number of benzene rings is 1. The zero-order chi connectivity index (χ0) is 21.8. The van der Waals surface area contributed by atoms with Gasteiger partial charge in [0.1, 0.15) is 17.9 Å². The van der Waals surface area contributed by atoms with E-state index in [2.05, 4.69) is 9.97 Å². The van der Waals surface area contributed by atoms with Crippen molar-refractivity contribution < 1.29 is 23.1 Å². The largest absolute Gasteiger partial charge is 0.342 e. The number of halogens is 2. The number of rotatable bonds is 2. The van der Waals surface area contributed by atoms with E-state index in [4.69, 9.17) is 4.74 Å². The molecule has 7 nitrogen and oxygen atoms in total. The molecular weight excluding hydrogens is 406 g/mol. The van der Waals surface area contributed by atoms with E-state index in [-0.39, 0.29) is 17.6 Å². The van der Waals surface area contributed by atoms with Crippen molar-refractivity contribution in [3.05, 3.63) is 59.2 Å². The van der Waals surface area contributed by atoms with E-state index in [0.717, 1.165) is 6.07 Å². The number of hydrogen-bond acceptors (Lipinski definition) is 5. The Labute approximate surface area is 178 Å². The van der Waals surface area contributed by atoms with Crippen molar-refractivity contribution in [2.24, 2.45) is 0 Å². The minimum atomic E-state index is -1.00. The van der Waals surface area contributed by atoms with Crippen molar-refractivity contribution in [1.82, 2.24) is 19.8 Å². The van der Waals surface area contributed by atoms with Crippen molar-refractivity contribution >= 4 is 11.8 Å². The van der Waals surface area contributed by atoms with Crippen LogP contribution in [0.2, 0.25) is 0 Å². The molecule has 0 N–H and O–H groups in total. The monoisotopic (exact) mass is 428 g/mol. The van der Waals surface area contributed by atoms with Crippen molar-refractivity contribution in [1.29, 1.82) is 0 Å². The Kier molecular flexibility index (Phi) is 4.73. The molecule has 1 aromatic carbocycles. The molecule has 2 atom stereocenters. The van der Waals surface area contributed by atoms with E-state index in [0.29, 0.717) is 50.0 Å². The van der Waals surface area contributed by atoms with Gasteiger partial charge in [0.05, 0.1) is 6.04 Å². The van der Waals surface area contributed by atoms with Gasteiger partial charge < -0.3 is 14.5 Å². The molecule has 1 spiro atoms. The number of piperidine rings is 1. The Balaban J connectivity index is 1.32. The molecule has 162 valence electrons. The normalized spacial score (nSPS) is 24.7. The number of ether oxygens (including phenoxy) is 1. The maximum Gasteiger partial charge on any atom is 0.291 e. The summed E-state index contributed by atoms with van der Waals surface area (Å²) < 4.78 is 33.7. The van der Waals surface area contributed by atoms with Crippen LogP contribution in [-0.4, -0.2) is 56.5 Å². The fourth-order valence-electron chi connectivity index (χ4n) is 4.90. The summed E-state index contributed by atoms with van der Waals surface area (Å²) >= 11 is 0. The Hall–Kier alpha value is -2.94. The van der Waals surface area contributed by atoms with E-state index >= 15 is 0 Å². The second-order valence-corrected chi connectivity index (χ2v) is 8.39. The summed E-state index contributed by atoms with van der Waals surface area (Å²) in [7, 11) is 0. The summed E-state index contributed by atoms with van der Waals surface area (Å²) in [6, 6.07) is 4.68. The van der Waals surface area contributed by atoms with E-state index in [1.165, 1.54) is 12.1 Å². The highest BCUT2D eigenvalue weighted by Crippen LogP contribution is 2.47. The molecule has 0 radical (unpaired) electrons. The highest BCUT2D eigenvalue weighted by atomic mass is 19.1. The van der Waals surface area contributed by atoms with E-state index < -0.39 is 29.5 Å². The predicted octanol–water partition coefficient (Wildman–Crippen LogP) is 2.76. The standard InChI is InChI=1S/C22H22F2N4O3/c1-13-4-7-25-19(26-13)20(29)27-8-5-22(6-9-27)21(30)28-17(2-3-18(28)31-22)14-10-15(23)12-16(24)11-14/h4,7,10-12,17-18H,2-3,5-6,8-9H2,1H3/t17-,18+/m0/s1. The molecule has 3 saturated heterocycles. The lowest BCUT2D eigenvalue weighted by Crippen LogP contribution is -2.51. The molecule has 0 unspecified atom stereocenters. The molecule has 9 heteroatoms. The van der Waals surface area contributed by atoms with Crippen LogP contribution in [0.5, 0.6) is 0 Å². The highest BCUT2D eigenvalue weighted by Gasteiger charge is 2.58. The number of hydrogen-bond donors (Lipinski definition) is 0. The number of nitrogens with zero attached hydrogens (tertiary/aromatic N) is 4. The van der Waals surface area contributed by atoms with Crippen LogP contribution >= 0.6 is 0 Å². The van der Waals surface area contributed by atoms with Gasteiger partial charge in [-0.15, -0.1) is 0 Å². The first-order chi connectivity index (χ1) is 14.9. The van der Waals surface area contributed by atoms with Crippen molar-refractivity contribution in [3.63, 3.8) is 0 Å². The van der Waals surface area contributed by atoms with Crippen LogP contribution in [0.3, 0.4) is 0 Å². The van der Waals surface area contributed by atoms with E-state index in [1.54, 1.807) is 29.0 Å². The third-order valence-electron chi connectivity index (χ3n) is 6.43. The van der Waals surface area contributed by atoms with Gasteiger partial charge in [0, 0.05) is 43.9 Å². The van der Waals surface area contributed by atoms with Gasteiger partial charge in [0.15, 0.2) is 5.60 Å². The maximum atomic E-state index is 13.7.